The number of amides is 2. The molecule has 0 aromatic heterocycles. The molecule has 92 valence electrons. The van der Waals surface area contributed by atoms with Crippen molar-refractivity contribution in [3.05, 3.63) is 0 Å². The molecule has 1 aliphatic carbocycles. The Bertz CT molecular complexity index is 264. The van der Waals surface area contributed by atoms with E-state index in [2.05, 4.69) is 19.2 Å². The molecule has 1 saturated carbocycles. The van der Waals surface area contributed by atoms with Crippen LogP contribution in [0.1, 0.15) is 33.1 Å². The largest absolute Gasteiger partial charge is 0.480 e. The van der Waals surface area contributed by atoms with Crippen LogP contribution in [0.4, 0.5) is 4.79 Å². The Hall–Kier alpha value is -1.26. The number of nitrogens with one attached hydrogen (secondary N) is 1. The molecule has 2 amide bonds. The van der Waals surface area contributed by atoms with Gasteiger partial charge in [0.05, 0.1) is 0 Å². The Morgan fingerprint density at radius 2 is 2.12 bits per heavy atom. The Kier molecular flexibility index (Phi) is 4.58. The fourth-order valence-corrected chi connectivity index (χ4v) is 1.41. The molecule has 5 heteroatoms. The first kappa shape index (κ1) is 12.8. The number of carboxylic acids is 1. The molecule has 0 aromatic carbocycles. The number of hydrogen-bond donors (Lipinski definition) is 2. The molecule has 1 aliphatic rings. The average Bonchev–Trinajstić information content (AvgIpc) is 3.05. The molecule has 1 atom stereocenters. The summed E-state index contributed by atoms with van der Waals surface area (Å²) in [4.78, 5) is 23.8. The summed E-state index contributed by atoms with van der Waals surface area (Å²) in [6, 6.07) is -0.113. The van der Waals surface area contributed by atoms with Crippen molar-refractivity contribution in [2.24, 2.45) is 5.92 Å². The van der Waals surface area contributed by atoms with E-state index < -0.39 is 5.97 Å². The highest BCUT2D eigenvalue weighted by atomic mass is 16.4. The first-order valence-corrected chi connectivity index (χ1v) is 5.80. The van der Waals surface area contributed by atoms with Crippen molar-refractivity contribution >= 4 is 12.0 Å². The highest BCUT2D eigenvalue weighted by molar-refractivity contribution is 5.80. The minimum atomic E-state index is -0.953. The first-order valence-electron chi connectivity index (χ1n) is 5.80. The van der Waals surface area contributed by atoms with Crippen molar-refractivity contribution < 1.29 is 14.7 Å². The van der Waals surface area contributed by atoms with Crippen LogP contribution in [0.25, 0.3) is 0 Å². The lowest BCUT2D eigenvalue weighted by Crippen LogP contribution is -2.45. The zero-order valence-corrected chi connectivity index (χ0v) is 9.90. The average molecular weight is 228 g/mol. The van der Waals surface area contributed by atoms with Crippen LogP contribution in [0.15, 0.2) is 0 Å². The van der Waals surface area contributed by atoms with Gasteiger partial charge in [0, 0.05) is 12.6 Å². The molecule has 1 unspecified atom stereocenters. The van der Waals surface area contributed by atoms with Gasteiger partial charge in [-0.3, -0.25) is 4.79 Å². The fourth-order valence-electron chi connectivity index (χ4n) is 1.41. The van der Waals surface area contributed by atoms with Gasteiger partial charge in [0.1, 0.15) is 6.54 Å². The van der Waals surface area contributed by atoms with Crippen LogP contribution in [0.3, 0.4) is 0 Å². The number of nitrogens with zero attached hydrogens (tertiary/aromatic N) is 1. The van der Waals surface area contributed by atoms with Crippen LogP contribution in [-0.4, -0.2) is 41.1 Å². The van der Waals surface area contributed by atoms with Gasteiger partial charge in [0.2, 0.25) is 0 Å². The quantitative estimate of drug-likeness (QED) is 0.719. The van der Waals surface area contributed by atoms with Crippen molar-refractivity contribution in [2.75, 3.05) is 13.1 Å². The summed E-state index contributed by atoms with van der Waals surface area (Å²) in [6.45, 7) is 4.53. The van der Waals surface area contributed by atoms with Gasteiger partial charge in [0.15, 0.2) is 0 Å². The summed E-state index contributed by atoms with van der Waals surface area (Å²) >= 11 is 0. The second-order valence-corrected chi connectivity index (χ2v) is 4.45. The fraction of sp³-hybridized carbons (Fsp3) is 0.818. The minimum Gasteiger partial charge on any atom is -0.480 e. The van der Waals surface area contributed by atoms with Crippen LogP contribution >= 0.6 is 0 Å². The van der Waals surface area contributed by atoms with E-state index in [1.807, 2.05) is 0 Å². The molecule has 1 fully saturated rings. The third-order valence-corrected chi connectivity index (χ3v) is 2.85. The minimum absolute atomic E-state index is 0.132. The molecular formula is C11H20N2O3. The molecule has 0 heterocycles. The van der Waals surface area contributed by atoms with Gasteiger partial charge in [-0.15, -0.1) is 0 Å². The van der Waals surface area contributed by atoms with Gasteiger partial charge < -0.3 is 15.3 Å². The predicted molar refractivity (Wildman–Crippen MR) is 60.2 cm³/mol. The zero-order valence-electron chi connectivity index (χ0n) is 9.90. The van der Waals surface area contributed by atoms with Crippen LogP contribution in [0.5, 0.6) is 0 Å². The first-order chi connectivity index (χ1) is 7.54. The number of carbonyl (C=O) groups is 2. The number of carboxylic acid groups (broad SMARTS) is 1. The maximum Gasteiger partial charge on any atom is 0.323 e. The zero-order chi connectivity index (χ0) is 12.1. The summed E-state index contributed by atoms with van der Waals surface area (Å²) in [7, 11) is 0. The summed E-state index contributed by atoms with van der Waals surface area (Å²) in [5, 5.41) is 11.5. The van der Waals surface area contributed by atoms with Crippen molar-refractivity contribution in [3.63, 3.8) is 0 Å². The van der Waals surface area contributed by atoms with Crippen LogP contribution in [0, 0.1) is 5.92 Å². The summed E-state index contributed by atoms with van der Waals surface area (Å²) < 4.78 is 0. The molecule has 2 N–H and O–H groups in total. The standard InChI is InChI=1S/C11H20N2O3/c1-3-8(2)6-12-11(16)13(7-10(14)15)9-4-5-9/h8-9H,3-7H2,1-2H3,(H,12,16)(H,14,15). The Labute approximate surface area is 95.8 Å². The van der Waals surface area contributed by atoms with E-state index in [1.165, 1.54) is 4.90 Å². The maximum atomic E-state index is 11.7. The normalized spacial score (nSPS) is 16.6. The van der Waals surface area contributed by atoms with Crippen LogP contribution in [0.2, 0.25) is 0 Å². The van der Waals surface area contributed by atoms with E-state index in [0.29, 0.717) is 12.5 Å². The number of urea groups is 1. The molecule has 1 rings (SSSR count). The van der Waals surface area contributed by atoms with Crippen molar-refractivity contribution in [1.29, 1.82) is 0 Å². The van der Waals surface area contributed by atoms with E-state index in [0.717, 1.165) is 19.3 Å². The topological polar surface area (TPSA) is 69.6 Å². The highest BCUT2D eigenvalue weighted by Gasteiger charge is 2.33. The smallest absolute Gasteiger partial charge is 0.323 e. The lowest BCUT2D eigenvalue weighted by molar-refractivity contribution is -0.137. The molecule has 0 saturated heterocycles. The number of carbonyl (C=O) groups excluding carboxylic acids is 1. The molecule has 0 aromatic rings. The van der Waals surface area contributed by atoms with Gasteiger partial charge in [-0.05, 0) is 18.8 Å². The molecule has 16 heavy (non-hydrogen) atoms. The van der Waals surface area contributed by atoms with Crippen molar-refractivity contribution in [1.82, 2.24) is 10.2 Å². The van der Waals surface area contributed by atoms with E-state index in [9.17, 15) is 9.59 Å². The number of hydrogen-bond acceptors (Lipinski definition) is 2. The summed E-state index contributed by atoms with van der Waals surface area (Å²) in [6.07, 6.45) is 2.84. The van der Waals surface area contributed by atoms with E-state index >= 15 is 0 Å². The number of aliphatic carboxylic acids is 1. The van der Waals surface area contributed by atoms with Gasteiger partial charge in [-0.25, -0.2) is 4.79 Å². The Morgan fingerprint density at radius 3 is 2.56 bits per heavy atom. The molecule has 0 spiro atoms. The van der Waals surface area contributed by atoms with E-state index in [1.54, 1.807) is 0 Å². The predicted octanol–water partition coefficient (Wildman–Crippen LogP) is 1.29. The highest BCUT2D eigenvalue weighted by Crippen LogP contribution is 2.26. The molecule has 0 radical (unpaired) electrons. The second-order valence-electron chi connectivity index (χ2n) is 4.45. The number of rotatable bonds is 6. The molecule has 5 nitrogen and oxygen atoms in total. The summed E-state index contributed by atoms with van der Waals surface area (Å²) in [5.41, 5.74) is 0. The van der Waals surface area contributed by atoms with Gasteiger partial charge in [-0.1, -0.05) is 20.3 Å². The van der Waals surface area contributed by atoms with Gasteiger partial charge >= 0.3 is 12.0 Å². The van der Waals surface area contributed by atoms with Crippen molar-refractivity contribution in [2.45, 2.75) is 39.2 Å². The maximum absolute atomic E-state index is 11.7. The van der Waals surface area contributed by atoms with Crippen LogP contribution in [-0.2, 0) is 4.79 Å². The third-order valence-electron chi connectivity index (χ3n) is 2.85. The van der Waals surface area contributed by atoms with Crippen LogP contribution < -0.4 is 5.32 Å². The lowest BCUT2D eigenvalue weighted by atomic mass is 10.1. The third kappa shape index (κ3) is 4.08. The van der Waals surface area contributed by atoms with Gasteiger partial charge in [-0.2, -0.15) is 0 Å². The monoisotopic (exact) mass is 228 g/mol. The lowest BCUT2D eigenvalue weighted by Gasteiger charge is -2.21. The molecular weight excluding hydrogens is 208 g/mol. The molecule has 0 bridgehead atoms. The SMILES string of the molecule is CCC(C)CNC(=O)N(CC(=O)O)C1CC1. The molecule has 0 aliphatic heterocycles. The Balaban J connectivity index is 2.38. The summed E-state index contributed by atoms with van der Waals surface area (Å²) in [5.74, 6) is -0.527. The second kappa shape index (κ2) is 5.72. The van der Waals surface area contributed by atoms with E-state index in [-0.39, 0.29) is 18.6 Å². The van der Waals surface area contributed by atoms with E-state index in [4.69, 9.17) is 5.11 Å². The van der Waals surface area contributed by atoms with Crippen molar-refractivity contribution in [3.8, 4) is 0 Å². The van der Waals surface area contributed by atoms with Gasteiger partial charge in [0.25, 0.3) is 0 Å². The Morgan fingerprint density at radius 1 is 1.50 bits per heavy atom.